The van der Waals surface area contributed by atoms with Gasteiger partial charge in [-0.2, -0.15) is 0 Å². The highest BCUT2D eigenvalue weighted by Gasteiger charge is 2.35. The van der Waals surface area contributed by atoms with Gasteiger partial charge in [-0.15, -0.1) is 0 Å². The third-order valence-corrected chi connectivity index (χ3v) is 3.48. The van der Waals surface area contributed by atoms with E-state index in [1.807, 2.05) is 23.6 Å². The largest absolute Gasteiger partial charge is 0.339 e. The molecule has 1 saturated heterocycles. The minimum Gasteiger partial charge on any atom is -0.339 e. The Kier molecular flexibility index (Phi) is 3.61. The fraction of sp³-hybridized carbons (Fsp3) is 0.846. The van der Waals surface area contributed by atoms with Gasteiger partial charge < -0.3 is 15.5 Å². The van der Waals surface area contributed by atoms with Gasteiger partial charge in [-0.3, -0.25) is 9.59 Å². The molecule has 0 atom stereocenters. The predicted molar refractivity (Wildman–Crippen MR) is 68.8 cm³/mol. The Balaban J connectivity index is 1.79. The van der Waals surface area contributed by atoms with E-state index in [9.17, 15) is 9.59 Å². The van der Waals surface area contributed by atoms with Crippen LogP contribution >= 0.6 is 0 Å². The topological polar surface area (TPSA) is 66.6 Å². The first-order valence-corrected chi connectivity index (χ1v) is 6.72. The number of nitrogens with zero attached hydrogens (tertiary/aromatic N) is 2. The molecule has 0 spiro atoms. The minimum absolute atomic E-state index is 0.0982. The summed E-state index contributed by atoms with van der Waals surface area (Å²) in [6.45, 7) is 6.36. The lowest BCUT2D eigenvalue weighted by molar-refractivity contribution is -0.140. The van der Waals surface area contributed by atoms with E-state index in [0.717, 1.165) is 12.8 Å². The summed E-state index contributed by atoms with van der Waals surface area (Å²) in [4.78, 5) is 27.6. The van der Waals surface area contributed by atoms with Crippen LogP contribution in [0.4, 0.5) is 0 Å². The average Bonchev–Trinajstić information content (AvgIpc) is 3.10. The van der Waals surface area contributed by atoms with E-state index in [1.165, 1.54) is 0 Å². The molecule has 1 aliphatic carbocycles. The molecule has 2 rings (SSSR count). The number of piperazine rings is 1. The second-order valence-electron chi connectivity index (χ2n) is 6.15. The van der Waals surface area contributed by atoms with Crippen molar-refractivity contribution >= 4 is 11.8 Å². The van der Waals surface area contributed by atoms with Crippen LogP contribution in [0.3, 0.4) is 0 Å². The summed E-state index contributed by atoms with van der Waals surface area (Å²) in [5.41, 5.74) is 5.39. The number of nitrogens with two attached hydrogens (primary N) is 1. The van der Waals surface area contributed by atoms with Crippen LogP contribution in [0.5, 0.6) is 0 Å². The van der Waals surface area contributed by atoms with Crippen LogP contribution < -0.4 is 5.73 Å². The van der Waals surface area contributed by atoms with Crippen molar-refractivity contribution in [2.45, 2.75) is 38.6 Å². The fourth-order valence-corrected chi connectivity index (χ4v) is 2.27. The quantitative estimate of drug-likeness (QED) is 0.781. The summed E-state index contributed by atoms with van der Waals surface area (Å²) < 4.78 is 0. The van der Waals surface area contributed by atoms with Crippen molar-refractivity contribution < 1.29 is 9.59 Å². The molecule has 1 aliphatic heterocycles. The molecule has 0 aromatic carbocycles. The van der Waals surface area contributed by atoms with Crippen LogP contribution in [-0.2, 0) is 9.59 Å². The van der Waals surface area contributed by atoms with Gasteiger partial charge in [0.15, 0.2) is 0 Å². The molecule has 5 nitrogen and oxygen atoms in total. The Morgan fingerprint density at radius 2 is 1.61 bits per heavy atom. The monoisotopic (exact) mass is 253 g/mol. The van der Waals surface area contributed by atoms with E-state index in [2.05, 4.69) is 0 Å². The summed E-state index contributed by atoms with van der Waals surface area (Å²) in [5, 5.41) is 0. The Bertz CT molecular complexity index is 337. The molecule has 1 saturated carbocycles. The van der Waals surface area contributed by atoms with Crippen LogP contribution in [0.25, 0.3) is 0 Å². The lowest BCUT2D eigenvalue weighted by Gasteiger charge is -2.36. The van der Waals surface area contributed by atoms with Crippen molar-refractivity contribution in [3.8, 4) is 0 Å². The highest BCUT2D eigenvalue weighted by Crippen LogP contribution is 2.31. The van der Waals surface area contributed by atoms with Crippen LogP contribution in [0.2, 0.25) is 0 Å². The van der Waals surface area contributed by atoms with E-state index in [-0.39, 0.29) is 17.7 Å². The molecule has 1 heterocycles. The van der Waals surface area contributed by atoms with Crippen molar-refractivity contribution in [2.24, 2.45) is 11.7 Å². The Hall–Kier alpha value is -1.10. The van der Waals surface area contributed by atoms with Gasteiger partial charge in [0.2, 0.25) is 11.8 Å². The summed E-state index contributed by atoms with van der Waals surface area (Å²) in [5.74, 6) is 0.650. The van der Waals surface area contributed by atoms with Crippen LogP contribution in [0, 0.1) is 5.92 Å². The van der Waals surface area contributed by atoms with E-state index >= 15 is 0 Å². The molecule has 5 heteroatoms. The zero-order chi connectivity index (χ0) is 13.3. The maximum atomic E-state index is 12.0. The SMILES string of the molecule is CC(C)(N)CC(=O)N1CCN(C(=O)C2CC2)CC1. The van der Waals surface area contributed by atoms with Crippen LogP contribution in [0.15, 0.2) is 0 Å². The van der Waals surface area contributed by atoms with Crippen molar-refractivity contribution in [1.29, 1.82) is 0 Å². The van der Waals surface area contributed by atoms with Gasteiger partial charge in [-0.25, -0.2) is 0 Å². The van der Waals surface area contributed by atoms with Gasteiger partial charge in [-0.05, 0) is 26.7 Å². The van der Waals surface area contributed by atoms with E-state index < -0.39 is 5.54 Å². The highest BCUT2D eigenvalue weighted by molar-refractivity contribution is 5.82. The summed E-state index contributed by atoms with van der Waals surface area (Å²) in [7, 11) is 0. The number of carbonyl (C=O) groups excluding carboxylic acids is 2. The van der Waals surface area contributed by atoms with Gasteiger partial charge >= 0.3 is 0 Å². The molecule has 0 unspecified atom stereocenters. The smallest absolute Gasteiger partial charge is 0.225 e. The Morgan fingerprint density at radius 3 is 2.06 bits per heavy atom. The summed E-state index contributed by atoms with van der Waals surface area (Å²) in [6, 6.07) is 0. The molecule has 0 aromatic rings. The minimum atomic E-state index is -0.460. The molecule has 2 amide bonds. The number of hydrogen-bond acceptors (Lipinski definition) is 3. The first-order valence-electron chi connectivity index (χ1n) is 6.72. The molecular formula is C13H23N3O2. The van der Waals surface area contributed by atoms with Crippen molar-refractivity contribution in [2.75, 3.05) is 26.2 Å². The fourth-order valence-electron chi connectivity index (χ4n) is 2.27. The number of rotatable bonds is 3. The third-order valence-electron chi connectivity index (χ3n) is 3.48. The van der Waals surface area contributed by atoms with Gasteiger partial charge in [0, 0.05) is 44.1 Å². The van der Waals surface area contributed by atoms with Gasteiger partial charge in [-0.1, -0.05) is 0 Å². The van der Waals surface area contributed by atoms with Gasteiger partial charge in [0.25, 0.3) is 0 Å². The molecule has 18 heavy (non-hydrogen) atoms. The lowest BCUT2D eigenvalue weighted by atomic mass is 10.0. The third kappa shape index (κ3) is 3.45. The maximum absolute atomic E-state index is 12.0. The molecule has 0 radical (unpaired) electrons. The van der Waals surface area contributed by atoms with E-state index in [1.54, 1.807) is 0 Å². The summed E-state index contributed by atoms with van der Waals surface area (Å²) in [6.07, 6.45) is 2.45. The highest BCUT2D eigenvalue weighted by atomic mass is 16.2. The maximum Gasteiger partial charge on any atom is 0.225 e. The molecular weight excluding hydrogens is 230 g/mol. The zero-order valence-electron chi connectivity index (χ0n) is 11.3. The standard InChI is InChI=1S/C13H23N3O2/c1-13(2,14)9-11(17)15-5-7-16(8-6-15)12(18)10-3-4-10/h10H,3-9,14H2,1-2H3. The first kappa shape index (κ1) is 13.3. The molecule has 2 aliphatic rings. The predicted octanol–water partition coefficient (Wildman–Crippen LogP) is 0.195. The zero-order valence-corrected chi connectivity index (χ0v) is 11.3. The van der Waals surface area contributed by atoms with Crippen molar-refractivity contribution in [3.63, 3.8) is 0 Å². The second-order valence-corrected chi connectivity index (χ2v) is 6.15. The number of hydrogen-bond donors (Lipinski definition) is 1. The van der Waals surface area contributed by atoms with Crippen LogP contribution in [-0.4, -0.2) is 53.3 Å². The first-order chi connectivity index (χ1) is 8.37. The lowest BCUT2D eigenvalue weighted by Crippen LogP contribution is -2.52. The molecule has 0 aromatic heterocycles. The van der Waals surface area contributed by atoms with Crippen molar-refractivity contribution in [1.82, 2.24) is 9.80 Å². The molecule has 2 N–H and O–H groups in total. The normalized spacial score (nSPS) is 21.1. The average molecular weight is 253 g/mol. The Labute approximate surface area is 108 Å². The molecule has 102 valence electrons. The van der Waals surface area contributed by atoms with E-state index in [0.29, 0.717) is 32.6 Å². The molecule has 0 bridgehead atoms. The molecule has 2 fully saturated rings. The van der Waals surface area contributed by atoms with Gasteiger partial charge in [0.05, 0.1) is 0 Å². The number of carbonyl (C=O) groups is 2. The van der Waals surface area contributed by atoms with Crippen molar-refractivity contribution in [3.05, 3.63) is 0 Å². The summed E-state index contributed by atoms with van der Waals surface area (Å²) >= 11 is 0. The van der Waals surface area contributed by atoms with Crippen LogP contribution in [0.1, 0.15) is 33.1 Å². The second kappa shape index (κ2) is 4.88. The number of amides is 2. The van der Waals surface area contributed by atoms with Gasteiger partial charge in [0.1, 0.15) is 0 Å². The Morgan fingerprint density at radius 1 is 1.11 bits per heavy atom. The van der Waals surface area contributed by atoms with E-state index in [4.69, 9.17) is 5.73 Å².